The maximum Gasteiger partial charge on any atom is 0.0404 e. The van der Waals surface area contributed by atoms with E-state index in [4.69, 9.17) is 5.73 Å². The normalized spacial score (nSPS) is 14.3. The molecule has 1 nitrogen and oxygen atoms in total. The fourth-order valence-corrected chi connectivity index (χ4v) is 10.7. The lowest BCUT2D eigenvalue weighted by Gasteiger charge is -2.34. The molecule has 300 valence electrons. The maximum absolute atomic E-state index is 6.78. The van der Waals surface area contributed by atoms with Crippen molar-refractivity contribution < 1.29 is 0 Å². The highest BCUT2D eigenvalue weighted by molar-refractivity contribution is 6.22. The minimum absolute atomic E-state index is 0.160. The second-order valence-electron chi connectivity index (χ2n) is 18.2. The lowest BCUT2D eigenvalue weighted by atomic mass is 9.69. The standard InChI is InChI=1S/C60H55N/c1-7-59(6,45-33-35-47-46-34-30-42(37-54(46)58(4,5)55(47)38-45)40-28-31-44(32-29-40)60(61,8-2)9-3)53-25-17-16-24-52(53)57-50-22-14-12-20-48(50)56(49-21-13-15-23-51(49)57)43-27-26-39-18-10-11-19-41(39)36-43/h10-38H,7-9,61H2,1-6H3. The Morgan fingerprint density at radius 3 is 1.57 bits per heavy atom. The predicted molar refractivity (Wildman–Crippen MR) is 262 cm³/mol. The highest BCUT2D eigenvalue weighted by Crippen LogP contribution is 2.53. The Hall–Kier alpha value is -6.28. The Kier molecular flexibility index (Phi) is 9.38. The number of hydrogen-bond donors (Lipinski definition) is 1. The number of rotatable bonds is 9. The highest BCUT2D eigenvalue weighted by Gasteiger charge is 2.38. The topological polar surface area (TPSA) is 26.0 Å². The molecule has 1 aliphatic rings. The number of fused-ring (bicyclic) bond motifs is 6. The van der Waals surface area contributed by atoms with E-state index in [-0.39, 0.29) is 16.4 Å². The van der Waals surface area contributed by atoms with Crippen LogP contribution in [0.25, 0.3) is 76.8 Å². The van der Waals surface area contributed by atoms with Gasteiger partial charge >= 0.3 is 0 Å². The first kappa shape index (κ1) is 38.9. The zero-order chi connectivity index (χ0) is 42.1. The average molecular weight is 790 g/mol. The summed E-state index contributed by atoms with van der Waals surface area (Å²) in [6.45, 7) is 14.0. The second-order valence-corrected chi connectivity index (χ2v) is 18.2. The van der Waals surface area contributed by atoms with Crippen molar-refractivity contribution in [2.75, 3.05) is 0 Å². The molecule has 0 saturated carbocycles. The van der Waals surface area contributed by atoms with Crippen LogP contribution in [-0.4, -0.2) is 0 Å². The second kappa shape index (κ2) is 14.7. The summed E-state index contributed by atoms with van der Waals surface area (Å²) in [6.07, 6.45) is 2.81. The first-order chi connectivity index (χ1) is 29.6. The van der Waals surface area contributed by atoms with Crippen LogP contribution >= 0.6 is 0 Å². The fourth-order valence-electron chi connectivity index (χ4n) is 10.7. The molecule has 1 aliphatic carbocycles. The third-order valence-electron chi connectivity index (χ3n) is 14.8. The third-order valence-corrected chi connectivity index (χ3v) is 14.8. The zero-order valence-electron chi connectivity index (χ0n) is 36.4. The summed E-state index contributed by atoms with van der Waals surface area (Å²) in [6, 6.07) is 66.4. The van der Waals surface area contributed by atoms with Gasteiger partial charge in [-0.05, 0) is 136 Å². The summed E-state index contributed by atoms with van der Waals surface area (Å²) in [5, 5.41) is 7.64. The largest absolute Gasteiger partial charge is 0.321 e. The van der Waals surface area contributed by atoms with Gasteiger partial charge in [0.15, 0.2) is 0 Å². The number of hydrogen-bond acceptors (Lipinski definition) is 1. The Balaban J connectivity index is 1.09. The molecular formula is C60H55N. The van der Waals surface area contributed by atoms with E-state index in [1.807, 2.05) is 0 Å². The van der Waals surface area contributed by atoms with E-state index in [1.165, 1.54) is 105 Å². The molecule has 10 rings (SSSR count). The predicted octanol–water partition coefficient (Wildman–Crippen LogP) is 16.1. The van der Waals surface area contributed by atoms with E-state index in [1.54, 1.807) is 0 Å². The van der Waals surface area contributed by atoms with Crippen molar-refractivity contribution in [1.82, 2.24) is 0 Å². The summed E-state index contributed by atoms with van der Waals surface area (Å²) in [7, 11) is 0. The van der Waals surface area contributed by atoms with E-state index in [0.29, 0.717) is 0 Å². The van der Waals surface area contributed by atoms with Crippen LogP contribution in [0.4, 0.5) is 0 Å². The molecule has 2 N–H and O–H groups in total. The van der Waals surface area contributed by atoms with Gasteiger partial charge in [0.05, 0.1) is 0 Å². The first-order valence-corrected chi connectivity index (χ1v) is 22.3. The molecule has 61 heavy (non-hydrogen) atoms. The van der Waals surface area contributed by atoms with Gasteiger partial charge in [0, 0.05) is 16.4 Å². The van der Waals surface area contributed by atoms with Gasteiger partial charge in [-0.3, -0.25) is 0 Å². The van der Waals surface area contributed by atoms with Crippen LogP contribution in [0.2, 0.25) is 0 Å². The van der Waals surface area contributed by atoms with Gasteiger partial charge in [-0.2, -0.15) is 0 Å². The van der Waals surface area contributed by atoms with Crippen molar-refractivity contribution in [3.8, 4) is 44.5 Å². The van der Waals surface area contributed by atoms with Crippen molar-refractivity contribution >= 4 is 32.3 Å². The summed E-state index contributed by atoms with van der Waals surface area (Å²) < 4.78 is 0. The van der Waals surface area contributed by atoms with Crippen LogP contribution < -0.4 is 5.73 Å². The van der Waals surface area contributed by atoms with Crippen molar-refractivity contribution in [2.24, 2.45) is 5.73 Å². The molecule has 9 aromatic rings. The molecule has 0 saturated heterocycles. The van der Waals surface area contributed by atoms with Crippen molar-refractivity contribution in [3.05, 3.63) is 204 Å². The van der Waals surface area contributed by atoms with Crippen LogP contribution in [0.5, 0.6) is 0 Å². The summed E-state index contributed by atoms with van der Waals surface area (Å²) >= 11 is 0. The molecular weight excluding hydrogens is 735 g/mol. The fraction of sp³-hybridized carbons (Fsp3) is 0.200. The molecule has 1 unspecified atom stereocenters. The van der Waals surface area contributed by atoms with E-state index in [0.717, 1.165) is 19.3 Å². The Morgan fingerprint density at radius 1 is 0.426 bits per heavy atom. The highest BCUT2D eigenvalue weighted by atomic mass is 14.7. The molecule has 0 radical (unpaired) electrons. The zero-order valence-corrected chi connectivity index (χ0v) is 36.4. The van der Waals surface area contributed by atoms with E-state index >= 15 is 0 Å². The molecule has 0 bridgehead atoms. The van der Waals surface area contributed by atoms with Crippen LogP contribution in [0.1, 0.15) is 88.6 Å². The van der Waals surface area contributed by atoms with E-state index in [9.17, 15) is 0 Å². The maximum atomic E-state index is 6.78. The molecule has 1 atom stereocenters. The number of benzene rings is 9. The van der Waals surface area contributed by atoms with Crippen LogP contribution in [0.15, 0.2) is 176 Å². The van der Waals surface area contributed by atoms with Gasteiger partial charge < -0.3 is 5.73 Å². The minimum Gasteiger partial charge on any atom is -0.321 e. The van der Waals surface area contributed by atoms with Gasteiger partial charge in [0.2, 0.25) is 0 Å². The Bertz CT molecular complexity index is 3090. The number of nitrogens with two attached hydrogens (primary N) is 1. The molecule has 0 fully saturated rings. The van der Waals surface area contributed by atoms with Crippen LogP contribution in [0.3, 0.4) is 0 Å². The van der Waals surface area contributed by atoms with Crippen molar-refractivity contribution in [2.45, 2.75) is 77.2 Å². The van der Waals surface area contributed by atoms with Crippen LogP contribution in [0, 0.1) is 0 Å². The molecule has 0 aliphatic heterocycles. The van der Waals surface area contributed by atoms with E-state index in [2.05, 4.69) is 217 Å². The Morgan fingerprint density at radius 2 is 0.934 bits per heavy atom. The lowest BCUT2D eigenvalue weighted by Crippen LogP contribution is -2.34. The van der Waals surface area contributed by atoms with Crippen molar-refractivity contribution in [1.29, 1.82) is 0 Å². The summed E-state index contributed by atoms with van der Waals surface area (Å²) in [4.78, 5) is 0. The average Bonchev–Trinajstić information content (AvgIpc) is 3.54. The summed E-state index contributed by atoms with van der Waals surface area (Å²) in [5.41, 5.74) is 23.1. The molecule has 0 aromatic heterocycles. The third kappa shape index (κ3) is 6.08. The summed E-state index contributed by atoms with van der Waals surface area (Å²) in [5.74, 6) is 0. The van der Waals surface area contributed by atoms with Gasteiger partial charge in [0.25, 0.3) is 0 Å². The lowest BCUT2D eigenvalue weighted by molar-refractivity contribution is 0.413. The Labute approximate surface area is 361 Å². The molecule has 0 heterocycles. The van der Waals surface area contributed by atoms with Crippen LogP contribution in [-0.2, 0) is 16.4 Å². The molecule has 0 spiro atoms. The molecule has 1 heteroatoms. The first-order valence-electron chi connectivity index (χ1n) is 22.3. The molecule has 9 aromatic carbocycles. The molecule has 0 amide bonds. The van der Waals surface area contributed by atoms with Gasteiger partial charge in [-0.15, -0.1) is 0 Å². The minimum atomic E-state index is -0.282. The van der Waals surface area contributed by atoms with Crippen molar-refractivity contribution in [3.63, 3.8) is 0 Å². The van der Waals surface area contributed by atoms with Gasteiger partial charge in [-0.1, -0.05) is 205 Å². The van der Waals surface area contributed by atoms with Gasteiger partial charge in [0.1, 0.15) is 0 Å². The smallest absolute Gasteiger partial charge is 0.0404 e. The monoisotopic (exact) mass is 789 g/mol. The SMILES string of the molecule is CCC(N)(CC)c1ccc(-c2ccc3c(c2)C(C)(C)c2cc(C(C)(CC)c4ccccc4-c4c5ccccc5c(-c5ccc6ccccc6c5)c5ccccc45)ccc2-3)cc1. The quantitative estimate of drug-likeness (QED) is 0.145. The van der Waals surface area contributed by atoms with Gasteiger partial charge in [-0.25, -0.2) is 0 Å². The van der Waals surface area contributed by atoms with E-state index < -0.39 is 0 Å².